The van der Waals surface area contributed by atoms with E-state index in [9.17, 15) is 0 Å². The summed E-state index contributed by atoms with van der Waals surface area (Å²) in [4.78, 5) is 0. The van der Waals surface area contributed by atoms with Crippen molar-refractivity contribution in [3.63, 3.8) is 0 Å². The van der Waals surface area contributed by atoms with E-state index in [4.69, 9.17) is 0 Å². The smallest absolute Gasteiger partial charge is 0.0377 e. The maximum Gasteiger partial charge on any atom is 0.0377 e. The van der Waals surface area contributed by atoms with Gasteiger partial charge in [0.2, 0.25) is 0 Å². The molecule has 1 heterocycles. The molecule has 0 saturated carbocycles. The standard InChI is InChI=1S/C19H23N/c1-14-6-5-7-16(12-14)10-11-17-13-15(2)20-19-9-4-3-8-18(17)19/h3-9,12,15,17,20H,10-11,13H2,1-2H3. The van der Waals surface area contributed by atoms with Crippen LogP contribution in [0.1, 0.15) is 42.4 Å². The second kappa shape index (κ2) is 5.70. The number of aryl methyl sites for hydroxylation is 2. The monoisotopic (exact) mass is 265 g/mol. The van der Waals surface area contributed by atoms with Crippen LogP contribution in [0.4, 0.5) is 5.69 Å². The zero-order chi connectivity index (χ0) is 13.9. The first kappa shape index (κ1) is 13.2. The lowest BCUT2D eigenvalue weighted by Crippen LogP contribution is -2.25. The molecule has 0 bridgehead atoms. The molecule has 0 saturated heterocycles. The third-order valence-corrected chi connectivity index (χ3v) is 4.30. The molecule has 2 atom stereocenters. The van der Waals surface area contributed by atoms with Crippen molar-refractivity contribution >= 4 is 5.69 Å². The molecule has 0 fully saturated rings. The quantitative estimate of drug-likeness (QED) is 0.831. The van der Waals surface area contributed by atoms with Gasteiger partial charge in [0.15, 0.2) is 0 Å². The van der Waals surface area contributed by atoms with E-state index in [0.29, 0.717) is 12.0 Å². The number of hydrogen-bond donors (Lipinski definition) is 1. The summed E-state index contributed by atoms with van der Waals surface area (Å²) < 4.78 is 0. The highest BCUT2D eigenvalue weighted by Crippen LogP contribution is 2.36. The Bertz CT molecular complexity index is 588. The normalized spacial score (nSPS) is 21.1. The van der Waals surface area contributed by atoms with E-state index in [1.54, 1.807) is 0 Å². The van der Waals surface area contributed by atoms with Crippen molar-refractivity contribution in [1.29, 1.82) is 0 Å². The number of para-hydroxylation sites is 1. The van der Waals surface area contributed by atoms with Gasteiger partial charge in [-0.25, -0.2) is 0 Å². The van der Waals surface area contributed by atoms with Crippen LogP contribution in [-0.2, 0) is 6.42 Å². The summed E-state index contributed by atoms with van der Waals surface area (Å²) in [7, 11) is 0. The fourth-order valence-electron chi connectivity index (χ4n) is 3.34. The minimum atomic E-state index is 0.576. The van der Waals surface area contributed by atoms with Crippen LogP contribution in [0.5, 0.6) is 0 Å². The van der Waals surface area contributed by atoms with E-state index in [-0.39, 0.29) is 0 Å². The minimum absolute atomic E-state index is 0.576. The molecule has 1 aliphatic heterocycles. The van der Waals surface area contributed by atoms with Crippen LogP contribution in [0, 0.1) is 6.92 Å². The van der Waals surface area contributed by atoms with Gasteiger partial charge in [-0.2, -0.15) is 0 Å². The summed E-state index contributed by atoms with van der Waals surface area (Å²) in [5, 5.41) is 3.60. The highest BCUT2D eigenvalue weighted by atomic mass is 14.9. The summed E-state index contributed by atoms with van der Waals surface area (Å²) in [6.45, 7) is 4.46. The van der Waals surface area contributed by atoms with Crippen LogP contribution in [-0.4, -0.2) is 6.04 Å². The molecule has 2 aromatic carbocycles. The highest BCUT2D eigenvalue weighted by Gasteiger charge is 2.23. The highest BCUT2D eigenvalue weighted by molar-refractivity contribution is 5.55. The molecule has 1 heteroatoms. The van der Waals surface area contributed by atoms with E-state index in [1.165, 1.54) is 41.6 Å². The van der Waals surface area contributed by atoms with E-state index in [0.717, 1.165) is 0 Å². The summed E-state index contributed by atoms with van der Waals surface area (Å²) in [5.41, 5.74) is 5.66. The summed E-state index contributed by atoms with van der Waals surface area (Å²) in [6.07, 6.45) is 3.66. The van der Waals surface area contributed by atoms with Crippen LogP contribution < -0.4 is 5.32 Å². The first-order valence-electron chi connectivity index (χ1n) is 7.63. The summed E-state index contributed by atoms with van der Waals surface area (Å²) >= 11 is 0. The van der Waals surface area contributed by atoms with Crippen molar-refractivity contribution < 1.29 is 0 Å². The Morgan fingerprint density at radius 2 is 1.95 bits per heavy atom. The van der Waals surface area contributed by atoms with E-state index < -0.39 is 0 Å². The minimum Gasteiger partial charge on any atom is -0.382 e. The molecule has 0 amide bonds. The predicted molar refractivity (Wildman–Crippen MR) is 86.4 cm³/mol. The maximum absolute atomic E-state index is 3.60. The Balaban J connectivity index is 1.74. The zero-order valence-electron chi connectivity index (χ0n) is 12.4. The number of rotatable bonds is 3. The van der Waals surface area contributed by atoms with Gasteiger partial charge in [-0.1, -0.05) is 48.0 Å². The van der Waals surface area contributed by atoms with Crippen molar-refractivity contribution in [3.8, 4) is 0 Å². The number of anilines is 1. The van der Waals surface area contributed by atoms with E-state index >= 15 is 0 Å². The van der Waals surface area contributed by atoms with Gasteiger partial charge in [0, 0.05) is 11.7 Å². The van der Waals surface area contributed by atoms with Crippen LogP contribution in [0.3, 0.4) is 0 Å². The molecule has 1 N–H and O–H groups in total. The predicted octanol–water partition coefficient (Wildman–Crippen LogP) is 4.92. The maximum atomic E-state index is 3.60. The molecule has 0 spiro atoms. The Morgan fingerprint density at radius 1 is 1.10 bits per heavy atom. The summed E-state index contributed by atoms with van der Waals surface area (Å²) in [6, 6.07) is 18.3. The topological polar surface area (TPSA) is 12.0 Å². The molecule has 20 heavy (non-hydrogen) atoms. The summed E-state index contributed by atoms with van der Waals surface area (Å²) in [5.74, 6) is 0.683. The van der Waals surface area contributed by atoms with Gasteiger partial charge in [0.25, 0.3) is 0 Å². The van der Waals surface area contributed by atoms with Crippen LogP contribution in [0.15, 0.2) is 48.5 Å². The number of benzene rings is 2. The molecule has 2 unspecified atom stereocenters. The van der Waals surface area contributed by atoms with Crippen LogP contribution >= 0.6 is 0 Å². The van der Waals surface area contributed by atoms with Gasteiger partial charge in [-0.15, -0.1) is 0 Å². The number of hydrogen-bond acceptors (Lipinski definition) is 1. The Morgan fingerprint density at radius 3 is 2.80 bits per heavy atom. The van der Waals surface area contributed by atoms with E-state index in [1.807, 2.05) is 0 Å². The van der Waals surface area contributed by atoms with E-state index in [2.05, 4.69) is 67.7 Å². The van der Waals surface area contributed by atoms with Crippen molar-refractivity contribution in [2.24, 2.45) is 0 Å². The Labute approximate surface area is 122 Å². The van der Waals surface area contributed by atoms with Crippen molar-refractivity contribution in [1.82, 2.24) is 0 Å². The fourth-order valence-corrected chi connectivity index (χ4v) is 3.34. The zero-order valence-corrected chi connectivity index (χ0v) is 12.4. The first-order valence-corrected chi connectivity index (χ1v) is 7.63. The molecule has 0 radical (unpaired) electrons. The van der Waals surface area contributed by atoms with Crippen LogP contribution in [0.25, 0.3) is 0 Å². The molecule has 1 nitrogen and oxygen atoms in total. The molecule has 1 aliphatic rings. The molecule has 2 aromatic rings. The molecule has 0 aromatic heterocycles. The molecular formula is C19H23N. The lowest BCUT2D eigenvalue weighted by molar-refractivity contribution is 0.522. The van der Waals surface area contributed by atoms with Crippen molar-refractivity contribution in [2.45, 2.75) is 45.1 Å². The third-order valence-electron chi connectivity index (χ3n) is 4.30. The average Bonchev–Trinajstić information content (AvgIpc) is 2.44. The van der Waals surface area contributed by atoms with Gasteiger partial charge in [-0.05, 0) is 56.2 Å². The molecule has 104 valence electrons. The van der Waals surface area contributed by atoms with Gasteiger partial charge in [-0.3, -0.25) is 0 Å². The van der Waals surface area contributed by atoms with Gasteiger partial charge >= 0.3 is 0 Å². The fraction of sp³-hybridized carbons (Fsp3) is 0.368. The van der Waals surface area contributed by atoms with Gasteiger partial charge < -0.3 is 5.32 Å². The first-order chi connectivity index (χ1) is 9.72. The molecule has 0 aliphatic carbocycles. The second-order valence-corrected chi connectivity index (χ2v) is 6.09. The molecular weight excluding hydrogens is 242 g/mol. The van der Waals surface area contributed by atoms with Gasteiger partial charge in [0.05, 0.1) is 0 Å². The SMILES string of the molecule is Cc1cccc(CCC2CC(C)Nc3ccccc32)c1. The van der Waals surface area contributed by atoms with Crippen molar-refractivity contribution in [2.75, 3.05) is 5.32 Å². The lowest BCUT2D eigenvalue weighted by atomic mass is 9.83. The third kappa shape index (κ3) is 2.87. The van der Waals surface area contributed by atoms with Crippen molar-refractivity contribution in [3.05, 3.63) is 65.2 Å². The second-order valence-electron chi connectivity index (χ2n) is 6.09. The number of nitrogens with one attached hydrogen (secondary N) is 1. The van der Waals surface area contributed by atoms with Gasteiger partial charge in [0.1, 0.15) is 0 Å². The van der Waals surface area contributed by atoms with Crippen LogP contribution in [0.2, 0.25) is 0 Å². The lowest BCUT2D eigenvalue weighted by Gasteiger charge is -2.31. The largest absolute Gasteiger partial charge is 0.382 e. The number of fused-ring (bicyclic) bond motifs is 1. The molecule has 3 rings (SSSR count). The average molecular weight is 265 g/mol. The Hall–Kier alpha value is -1.76. The Kier molecular flexibility index (Phi) is 3.77.